The Morgan fingerprint density at radius 1 is 1.04 bits per heavy atom. The number of rotatable bonds is 6. The molecular weight excluding hydrogens is 318 g/mol. The van der Waals surface area contributed by atoms with E-state index in [1.165, 1.54) is 0 Å². The molecule has 6 heteroatoms. The van der Waals surface area contributed by atoms with Gasteiger partial charge in [-0.1, -0.05) is 18.2 Å². The van der Waals surface area contributed by atoms with Crippen molar-refractivity contribution in [2.24, 2.45) is 0 Å². The van der Waals surface area contributed by atoms with Gasteiger partial charge in [0.1, 0.15) is 13.2 Å². The highest BCUT2D eigenvalue weighted by Gasteiger charge is 2.20. The molecule has 3 rings (SSSR count). The number of nitrogens with zero attached hydrogens (tertiary/aromatic N) is 1. The molecule has 0 saturated heterocycles. The third kappa shape index (κ3) is 4.22. The standard InChI is InChI=1S/C19H23N3O3/c1-22(2)11-10-20-15-7-3-4-8-16(15)21-19(23)14-6-5-9-17-18(14)25-13-12-24-17/h3-9,20H,10-13H2,1-2H3,(H,21,23). The third-order valence-electron chi connectivity index (χ3n) is 3.86. The van der Waals surface area contributed by atoms with E-state index in [4.69, 9.17) is 9.47 Å². The molecule has 2 aromatic carbocycles. The summed E-state index contributed by atoms with van der Waals surface area (Å²) in [6.07, 6.45) is 0. The first-order valence-electron chi connectivity index (χ1n) is 8.33. The minimum atomic E-state index is -0.218. The topological polar surface area (TPSA) is 62.8 Å². The van der Waals surface area contributed by atoms with Crippen molar-refractivity contribution in [3.63, 3.8) is 0 Å². The average Bonchev–Trinajstić information content (AvgIpc) is 2.62. The number of fused-ring (bicyclic) bond motifs is 1. The molecule has 0 bridgehead atoms. The van der Waals surface area contributed by atoms with Gasteiger partial charge in [-0.15, -0.1) is 0 Å². The van der Waals surface area contributed by atoms with Gasteiger partial charge in [0, 0.05) is 13.1 Å². The maximum atomic E-state index is 12.7. The molecular formula is C19H23N3O3. The fourth-order valence-corrected chi connectivity index (χ4v) is 2.60. The molecule has 1 aliphatic heterocycles. The Balaban J connectivity index is 1.75. The Morgan fingerprint density at radius 2 is 1.80 bits per heavy atom. The van der Waals surface area contributed by atoms with E-state index in [0.29, 0.717) is 30.3 Å². The molecule has 0 aromatic heterocycles. The van der Waals surface area contributed by atoms with Gasteiger partial charge in [0.05, 0.1) is 16.9 Å². The molecule has 0 atom stereocenters. The summed E-state index contributed by atoms with van der Waals surface area (Å²) in [6, 6.07) is 13.0. The Hall–Kier alpha value is -2.73. The van der Waals surface area contributed by atoms with Crippen LogP contribution < -0.4 is 20.1 Å². The lowest BCUT2D eigenvalue weighted by atomic mass is 10.1. The number of anilines is 2. The van der Waals surface area contributed by atoms with Gasteiger partial charge in [-0.2, -0.15) is 0 Å². The largest absolute Gasteiger partial charge is 0.486 e. The van der Waals surface area contributed by atoms with Gasteiger partial charge in [0.2, 0.25) is 0 Å². The van der Waals surface area contributed by atoms with E-state index >= 15 is 0 Å². The smallest absolute Gasteiger partial charge is 0.259 e. The number of carbonyl (C=O) groups excluding carboxylic acids is 1. The van der Waals surface area contributed by atoms with Gasteiger partial charge in [-0.25, -0.2) is 0 Å². The van der Waals surface area contributed by atoms with Crippen LogP contribution in [0.3, 0.4) is 0 Å². The van der Waals surface area contributed by atoms with Crippen molar-refractivity contribution < 1.29 is 14.3 Å². The first kappa shape index (κ1) is 17.1. The van der Waals surface area contributed by atoms with E-state index in [-0.39, 0.29) is 5.91 Å². The molecule has 0 saturated carbocycles. The zero-order valence-electron chi connectivity index (χ0n) is 14.5. The van der Waals surface area contributed by atoms with Gasteiger partial charge >= 0.3 is 0 Å². The van der Waals surface area contributed by atoms with Gasteiger partial charge in [0.15, 0.2) is 11.5 Å². The number of ether oxygens (including phenoxy) is 2. The van der Waals surface area contributed by atoms with Crippen LogP contribution in [0.5, 0.6) is 11.5 Å². The van der Waals surface area contributed by atoms with Crippen LogP contribution in [0.15, 0.2) is 42.5 Å². The summed E-state index contributed by atoms with van der Waals surface area (Å²) in [4.78, 5) is 14.8. The number of hydrogen-bond acceptors (Lipinski definition) is 5. The van der Waals surface area contributed by atoms with E-state index in [1.807, 2.05) is 44.4 Å². The quantitative estimate of drug-likeness (QED) is 0.846. The third-order valence-corrected chi connectivity index (χ3v) is 3.86. The molecule has 2 aromatic rings. The summed E-state index contributed by atoms with van der Waals surface area (Å²) >= 11 is 0. The summed E-state index contributed by atoms with van der Waals surface area (Å²) in [5.74, 6) is 0.893. The minimum absolute atomic E-state index is 0.218. The SMILES string of the molecule is CN(C)CCNc1ccccc1NC(=O)c1cccc2c1OCCO2. The number of nitrogens with one attached hydrogen (secondary N) is 2. The van der Waals surface area contributed by atoms with Crippen LogP contribution in [0.2, 0.25) is 0 Å². The monoisotopic (exact) mass is 341 g/mol. The number of benzene rings is 2. The van der Waals surface area contributed by atoms with Crippen LogP contribution in [0, 0.1) is 0 Å². The Bertz CT molecular complexity index is 746. The number of hydrogen-bond donors (Lipinski definition) is 2. The molecule has 1 heterocycles. The molecule has 1 amide bonds. The lowest BCUT2D eigenvalue weighted by molar-refractivity contribution is 0.101. The number of amides is 1. The van der Waals surface area contributed by atoms with E-state index in [0.717, 1.165) is 24.5 Å². The van der Waals surface area contributed by atoms with Crippen molar-refractivity contribution >= 4 is 17.3 Å². The van der Waals surface area contributed by atoms with Gasteiger partial charge in [0.25, 0.3) is 5.91 Å². The van der Waals surface area contributed by atoms with E-state index in [9.17, 15) is 4.79 Å². The molecule has 0 unspecified atom stereocenters. The van der Waals surface area contributed by atoms with Crippen molar-refractivity contribution in [1.29, 1.82) is 0 Å². The predicted molar refractivity (Wildman–Crippen MR) is 98.9 cm³/mol. The molecule has 132 valence electrons. The van der Waals surface area contributed by atoms with E-state index in [2.05, 4.69) is 15.5 Å². The number of likely N-dealkylation sites (N-methyl/N-ethyl adjacent to an activating group) is 1. The second-order valence-electron chi connectivity index (χ2n) is 6.06. The van der Waals surface area contributed by atoms with Crippen molar-refractivity contribution in [3.05, 3.63) is 48.0 Å². The Morgan fingerprint density at radius 3 is 2.60 bits per heavy atom. The van der Waals surface area contributed by atoms with Crippen molar-refractivity contribution in [2.75, 3.05) is 51.0 Å². The van der Waals surface area contributed by atoms with Crippen molar-refractivity contribution in [2.45, 2.75) is 0 Å². The lowest BCUT2D eigenvalue weighted by Crippen LogP contribution is -2.22. The molecule has 0 radical (unpaired) electrons. The van der Waals surface area contributed by atoms with Crippen LogP contribution in [-0.4, -0.2) is 51.2 Å². The zero-order chi connectivity index (χ0) is 17.6. The molecule has 1 aliphatic rings. The van der Waals surface area contributed by atoms with Crippen LogP contribution in [0.4, 0.5) is 11.4 Å². The maximum absolute atomic E-state index is 12.7. The normalized spacial score (nSPS) is 12.8. The highest BCUT2D eigenvalue weighted by atomic mass is 16.6. The highest BCUT2D eigenvalue weighted by Crippen LogP contribution is 2.34. The first-order valence-corrected chi connectivity index (χ1v) is 8.33. The number of carbonyl (C=O) groups is 1. The molecule has 25 heavy (non-hydrogen) atoms. The molecule has 2 N–H and O–H groups in total. The van der Waals surface area contributed by atoms with E-state index < -0.39 is 0 Å². The molecule has 0 spiro atoms. The van der Waals surface area contributed by atoms with Crippen LogP contribution in [0.25, 0.3) is 0 Å². The van der Waals surface area contributed by atoms with Crippen molar-refractivity contribution in [1.82, 2.24) is 4.90 Å². The van der Waals surface area contributed by atoms with E-state index in [1.54, 1.807) is 12.1 Å². The molecule has 6 nitrogen and oxygen atoms in total. The second-order valence-corrected chi connectivity index (χ2v) is 6.06. The Labute approximate surface area is 147 Å². The van der Waals surface area contributed by atoms with Crippen molar-refractivity contribution in [3.8, 4) is 11.5 Å². The second kappa shape index (κ2) is 7.90. The first-order chi connectivity index (χ1) is 12.1. The lowest BCUT2D eigenvalue weighted by Gasteiger charge is -2.21. The summed E-state index contributed by atoms with van der Waals surface area (Å²) in [5.41, 5.74) is 2.10. The summed E-state index contributed by atoms with van der Waals surface area (Å²) < 4.78 is 11.2. The number of para-hydroxylation sites is 3. The molecule has 0 fully saturated rings. The van der Waals surface area contributed by atoms with Gasteiger partial charge in [-0.05, 0) is 38.4 Å². The fraction of sp³-hybridized carbons (Fsp3) is 0.316. The summed E-state index contributed by atoms with van der Waals surface area (Å²) in [5, 5.41) is 6.32. The zero-order valence-corrected chi connectivity index (χ0v) is 14.5. The van der Waals surface area contributed by atoms with Gasteiger partial charge in [-0.3, -0.25) is 4.79 Å². The summed E-state index contributed by atoms with van der Waals surface area (Å²) in [7, 11) is 4.05. The molecule has 0 aliphatic carbocycles. The average molecular weight is 341 g/mol. The highest BCUT2D eigenvalue weighted by molar-refractivity contribution is 6.08. The van der Waals surface area contributed by atoms with Crippen LogP contribution in [-0.2, 0) is 0 Å². The fourth-order valence-electron chi connectivity index (χ4n) is 2.60. The Kier molecular flexibility index (Phi) is 5.40. The van der Waals surface area contributed by atoms with Crippen LogP contribution in [0.1, 0.15) is 10.4 Å². The van der Waals surface area contributed by atoms with Gasteiger partial charge < -0.3 is 25.0 Å². The summed E-state index contributed by atoms with van der Waals surface area (Å²) in [6.45, 7) is 2.63. The maximum Gasteiger partial charge on any atom is 0.259 e. The predicted octanol–water partition coefficient (Wildman–Crippen LogP) is 2.68. The van der Waals surface area contributed by atoms with Crippen LogP contribution >= 0.6 is 0 Å². The minimum Gasteiger partial charge on any atom is -0.486 e.